The van der Waals surface area contributed by atoms with Crippen LogP contribution in [-0.4, -0.2) is 4.92 Å². The lowest BCUT2D eigenvalue weighted by molar-refractivity contribution is -0.384. The Labute approximate surface area is 112 Å². The van der Waals surface area contributed by atoms with Crippen LogP contribution in [0.3, 0.4) is 0 Å². The van der Waals surface area contributed by atoms with Crippen LogP contribution in [0.5, 0.6) is 0 Å². The maximum atomic E-state index is 10.8. The first-order valence-electron chi connectivity index (χ1n) is 4.98. The van der Waals surface area contributed by atoms with Gasteiger partial charge in [0.2, 0.25) is 0 Å². The molecule has 2 rings (SSSR count). The Hall–Kier alpha value is -1.72. The van der Waals surface area contributed by atoms with Gasteiger partial charge in [-0.1, -0.05) is 11.6 Å². The molecule has 0 aliphatic carbocycles. The number of nitrogens with one attached hydrogen (secondary N) is 1. The minimum atomic E-state index is -0.478. The number of halogens is 2. The number of anilines is 1. The average molecular weight is 287 g/mol. The zero-order valence-corrected chi connectivity index (χ0v) is 10.5. The van der Waals surface area contributed by atoms with Gasteiger partial charge < -0.3 is 9.73 Å². The Balaban J connectivity index is 2.17. The maximum Gasteiger partial charge on any atom is 0.292 e. The molecular formula is C11H8Cl2N2O3. The van der Waals surface area contributed by atoms with E-state index in [4.69, 9.17) is 27.6 Å². The van der Waals surface area contributed by atoms with Gasteiger partial charge in [-0.15, -0.1) is 0 Å². The van der Waals surface area contributed by atoms with Crippen LogP contribution >= 0.6 is 23.2 Å². The van der Waals surface area contributed by atoms with Crippen molar-refractivity contribution in [3.63, 3.8) is 0 Å². The van der Waals surface area contributed by atoms with Crippen molar-refractivity contribution in [1.82, 2.24) is 0 Å². The molecule has 0 spiro atoms. The van der Waals surface area contributed by atoms with Crippen LogP contribution in [0.4, 0.5) is 11.4 Å². The van der Waals surface area contributed by atoms with Gasteiger partial charge in [0.05, 0.1) is 11.5 Å². The van der Waals surface area contributed by atoms with Gasteiger partial charge in [-0.3, -0.25) is 10.1 Å². The Morgan fingerprint density at radius 2 is 2.06 bits per heavy atom. The van der Waals surface area contributed by atoms with Gasteiger partial charge in [0, 0.05) is 11.1 Å². The normalized spacial score (nSPS) is 10.3. The van der Waals surface area contributed by atoms with E-state index >= 15 is 0 Å². The van der Waals surface area contributed by atoms with Gasteiger partial charge >= 0.3 is 0 Å². The van der Waals surface area contributed by atoms with Crippen molar-refractivity contribution >= 4 is 34.6 Å². The minimum absolute atomic E-state index is 0.0444. The molecule has 7 heteroatoms. The van der Waals surface area contributed by atoms with E-state index < -0.39 is 4.92 Å². The second-order valence-electron chi connectivity index (χ2n) is 3.48. The van der Waals surface area contributed by atoms with E-state index in [2.05, 4.69) is 5.32 Å². The molecule has 0 amide bonds. The molecule has 1 aromatic heterocycles. The zero-order chi connectivity index (χ0) is 13.1. The Kier molecular flexibility index (Phi) is 3.74. The summed E-state index contributed by atoms with van der Waals surface area (Å²) in [6.07, 6.45) is 0. The molecule has 0 atom stereocenters. The lowest BCUT2D eigenvalue weighted by Crippen LogP contribution is -2.01. The van der Waals surface area contributed by atoms with Crippen molar-refractivity contribution in [3.05, 3.63) is 56.4 Å². The number of nitro groups is 1. The number of nitrogens with zero attached hydrogens (tertiary/aromatic N) is 1. The van der Waals surface area contributed by atoms with Crippen LogP contribution in [0.2, 0.25) is 10.2 Å². The fourth-order valence-electron chi connectivity index (χ4n) is 1.44. The molecule has 0 bridgehead atoms. The van der Waals surface area contributed by atoms with E-state index in [1.807, 2.05) is 0 Å². The first kappa shape index (κ1) is 12.7. The molecule has 0 fully saturated rings. The summed E-state index contributed by atoms with van der Waals surface area (Å²) < 4.78 is 5.14. The molecule has 18 heavy (non-hydrogen) atoms. The topological polar surface area (TPSA) is 68.3 Å². The molecule has 1 N–H and O–H groups in total. The lowest BCUT2D eigenvalue weighted by Gasteiger charge is -2.05. The predicted molar refractivity (Wildman–Crippen MR) is 69.2 cm³/mol. The van der Waals surface area contributed by atoms with E-state index in [0.29, 0.717) is 16.5 Å². The molecular weight excluding hydrogens is 279 g/mol. The van der Waals surface area contributed by atoms with Crippen LogP contribution in [0.25, 0.3) is 0 Å². The monoisotopic (exact) mass is 286 g/mol. The van der Waals surface area contributed by atoms with Crippen molar-refractivity contribution in [2.45, 2.75) is 6.54 Å². The second kappa shape index (κ2) is 5.29. The smallest absolute Gasteiger partial charge is 0.292 e. The molecule has 0 unspecified atom stereocenters. The molecule has 0 aliphatic heterocycles. The molecule has 1 aromatic carbocycles. The number of furan rings is 1. The van der Waals surface area contributed by atoms with Crippen LogP contribution in [-0.2, 0) is 6.54 Å². The summed E-state index contributed by atoms with van der Waals surface area (Å²) >= 11 is 11.4. The molecule has 1 heterocycles. The van der Waals surface area contributed by atoms with Crippen LogP contribution in [0, 0.1) is 10.1 Å². The van der Waals surface area contributed by atoms with Gasteiger partial charge in [-0.25, -0.2) is 0 Å². The zero-order valence-electron chi connectivity index (χ0n) is 9.02. The highest BCUT2D eigenvalue weighted by atomic mass is 35.5. The van der Waals surface area contributed by atoms with E-state index in [0.717, 1.165) is 0 Å². The molecule has 0 saturated heterocycles. The third-order valence-electron chi connectivity index (χ3n) is 2.24. The summed E-state index contributed by atoms with van der Waals surface area (Å²) in [6.45, 7) is 0.286. The summed E-state index contributed by atoms with van der Waals surface area (Å²) in [5.74, 6) is 0.578. The van der Waals surface area contributed by atoms with E-state index in [1.54, 1.807) is 12.1 Å². The van der Waals surface area contributed by atoms with Crippen molar-refractivity contribution < 1.29 is 9.34 Å². The average Bonchev–Trinajstić information content (AvgIpc) is 2.72. The maximum absolute atomic E-state index is 10.8. The van der Waals surface area contributed by atoms with E-state index in [9.17, 15) is 10.1 Å². The summed E-state index contributed by atoms with van der Waals surface area (Å²) in [5, 5.41) is 14.4. The molecule has 0 aliphatic rings. The third kappa shape index (κ3) is 2.94. The van der Waals surface area contributed by atoms with Gasteiger partial charge in [0.25, 0.3) is 5.69 Å². The minimum Gasteiger partial charge on any atom is -0.448 e. The van der Waals surface area contributed by atoms with Crippen molar-refractivity contribution in [2.75, 3.05) is 5.32 Å². The largest absolute Gasteiger partial charge is 0.448 e. The molecule has 5 nitrogen and oxygen atoms in total. The Bertz CT molecular complexity index is 583. The molecule has 94 valence electrons. The number of benzene rings is 1. The number of nitro benzene ring substituents is 1. The quantitative estimate of drug-likeness (QED) is 0.678. The second-order valence-corrected chi connectivity index (χ2v) is 4.29. The third-order valence-corrected chi connectivity index (χ3v) is 2.68. The van der Waals surface area contributed by atoms with E-state index in [1.165, 1.54) is 18.2 Å². The Morgan fingerprint density at radius 3 is 2.67 bits per heavy atom. The van der Waals surface area contributed by atoms with Crippen LogP contribution < -0.4 is 5.32 Å². The first-order chi connectivity index (χ1) is 8.56. The lowest BCUT2D eigenvalue weighted by atomic mass is 10.2. The van der Waals surface area contributed by atoms with Crippen LogP contribution in [0.15, 0.2) is 34.7 Å². The highest BCUT2D eigenvalue weighted by molar-refractivity contribution is 6.31. The van der Waals surface area contributed by atoms with Gasteiger partial charge in [-0.2, -0.15) is 0 Å². The predicted octanol–water partition coefficient (Wildman–Crippen LogP) is 4.11. The summed E-state index contributed by atoms with van der Waals surface area (Å²) in [6, 6.07) is 7.59. The van der Waals surface area contributed by atoms with Gasteiger partial charge in [0.15, 0.2) is 5.22 Å². The first-order valence-corrected chi connectivity index (χ1v) is 5.74. The standard InChI is InChI=1S/C11H8Cl2N2O3/c12-7-1-3-10(15(16)17)9(5-7)14-6-8-2-4-11(13)18-8/h1-5,14H,6H2. The highest BCUT2D eigenvalue weighted by Crippen LogP contribution is 2.28. The summed E-state index contributed by atoms with van der Waals surface area (Å²) in [5.41, 5.74) is 0.289. The van der Waals surface area contributed by atoms with Crippen molar-refractivity contribution in [3.8, 4) is 0 Å². The van der Waals surface area contributed by atoms with E-state index in [-0.39, 0.29) is 17.5 Å². The molecule has 2 aromatic rings. The van der Waals surface area contributed by atoms with Gasteiger partial charge in [-0.05, 0) is 35.9 Å². The summed E-state index contributed by atoms with van der Waals surface area (Å²) in [7, 11) is 0. The SMILES string of the molecule is O=[N+]([O-])c1ccc(Cl)cc1NCc1ccc(Cl)o1. The molecule has 0 saturated carbocycles. The summed E-state index contributed by atoms with van der Waals surface area (Å²) in [4.78, 5) is 10.3. The Morgan fingerprint density at radius 1 is 1.28 bits per heavy atom. The van der Waals surface area contributed by atoms with Crippen molar-refractivity contribution in [1.29, 1.82) is 0 Å². The fraction of sp³-hybridized carbons (Fsp3) is 0.0909. The fourth-order valence-corrected chi connectivity index (χ4v) is 1.77. The van der Waals surface area contributed by atoms with Gasteiger partial charge in [0.1, 0.15) is 11.4 Å². The number of hydrogen-bond acceptors (Lipinski definition) is 4. The highest BCUT2D eigenvalue weighted by Gasteiger charge is 2.14. The number of hydrogen-bond donors (Lipinski definition) is 1. The number of rotatable bonds is 4. The van der Waals surface area contributed by atoms with Crippen LogP contribution in [0.1, 0.15) is 5.76 Å². The molecule has 0 radical (unpaired) electrons. The van der Waals surface area contributed by atoms with Crippen molar-refractivity contribution in [2.24, 2.45) is 0 Å².